The highest BCUT2D eigenvalue weighted by molar-refractivity contribution is 6.33. The van der Waals surface area contributed by atoms with E-state index in [2.05, 4.69) is 10.3 Å². The zero-order valence-corrected chi connectivity index (χ0v) is 10.6. The van der Waals surface area contributed by atoms with Crippen molar-refractivity contribution >= 4 is 23.1 Å². The summed E-state index contributed by atoms with van der Waals surface area (Å²) in [5, 5.41) is 14.0. The van der Waals surface area contributed by atoms with Gasteiger partial charge in [0.15, 0.2) is 5.69 Å². The summed E-state index contributed by atoms with van der Waals surface area (Å²) in [5.41, 5.74) is -0.0154. The lowest BCUT2D eigenvalue weighted by Gasteiger charge is -2.07. The molecule has 19 heavy (non-hydrogen) atoms. The minimum absolute atomic E-state index is 0.0290. The predicted octanol–water partition coefficient (Wildman–Crippen LogP) is 3.49. The summed E-state index contributed by atoms with van der Waals surface area (Å²) in [6, 6.07) is 6.41. The van der Waals surface area contributed by atoms with Crippen molar-refractivity contribution in [1.82, 2.24) is 4.98 Å². The normalized spacial score (nSPS) is 10.3. The summed E-state index contributed by atoms with van der Waals surface area (Å²) in [6.45, 7) is 0. The monoisotopic (exact) mass is 281 g/mol. The van der Waals surface area contributed by atoms with Crippen molar-refractivity contribution in [1.29, 1.82) is 0 Å². The highest BCUT2D eigenvalue weighted by Crippen LogP contribution is 2.34. The minimum atomic E-state index is -0.580. The van der Waals surface area contributed by atoms with E-state index in [9.17, 15) is 14.5 Å². The Bertz CT molecular complexity index is 649. The summed E-state index contributed by atoms with van der Waals surface area (Å²) < 4.78 is 13.3. The molecule has 1 N–H and O–H groups in total. The number of hydrogen-bond acceptors (Lipinski definition) is 4. The number of pyridine rings is 1. The maximum absolute atomic E-state index is 13.3. The topological polar surface area (TPSA) is 68.1 Å². The van der Waals surface area contributed by atoms with E-state index in [1.807, 2.05) is 0 Å². The predicted molar refractivity (Wildman–Crippen MR) is 70.8 cm³/mol. The molecule has 0 radical (unpaired) electrons. The van der Waals surface area contributed by atoms with E-state index in [1.165, 1.54) is 24.3 Å². The standard InChI is InChI=1S/C12H9ClFN3O2/c1-15-11-5-4-10(17(18)19)12(16-11)8-6-7(14)2-3-9(8)13/h2-6H,1H3,(H,15,16). The molecule has 0 aliphatic heterocycles. The first kappa shape index (κ1) is 13.2. The molecule has 2 rings (SSSR count). The van der Waals surface area contributed by atoms with Crippen molar-refractivity contribution in [3.05, 3.63) is 51.3 Å². The van der Waals surface area contributed by atoms with E-state index >= 15 is 0 Å². The van der Waals surface area contributed by atoms with Crippen LogP contribution in [0.15, 0.2) is 30.3 Å². The lowest BCUT2D eigenvalue weighted by atomic mass is 10.1. The van der Waals surface area contributed by atoms with Gasteiger partial charge in [-0.3, -0.25) is 10.1 Å². The van der Waals surface area contributed by atoms with E-state index in [-0.39, 0.29) is 22.0 Å². The Hall–Kier alpha value is -2.21. The molecule has 0 amide bonds. The maximum Gasteiger partial charge on any atom is 0.295 e. The van der Waals surface area contributed by atoms with Crippen LogP contribution in [0, 0.1) is 15.9 Å². The molecule has 0 bridgehead atoms. The first-order valence-electron chi connectivity index (χ1n) is 5.31. The van der Waals surface area contributed by atoms with Crippen molar-refractivity contribution in [3.8, 4) is 11.3 Å². The van der Waals surface area contributed by atoms with Gasteiger partial charge in [0.1, 0.15) is 11.6 Å². The summed E-state index contributed by atoms with van der Waals surface area (Å²) in [4.78, 5) is 14.5. The van der Waals surface area contributed by atoms with Gasteiger partial charge >= 0.3 is 0 Å². The van der Waals surface area contributed by atoms with Crippen LogP contribution in [0.5, 0.6) is 0 Å². The van der Waals surface area contributed by atoms with E-state index in [4.69, 9.17) is 11.6 Å². The molecular weight excluding hydrogens is 273 g/mol. The number of anilines is 1. The number of nitrogens with one attached hydrogen (secondary N) is 1. The lowest BCUT2D eigenvalue weighted by Crippen LogP contribution is -1.99. The number of halogens is 2. The number of aromatic nitrogens is 1. The third-order valence-electron chi connectivity index (χ3n) is 2.51. The van der Waals surface area contributed by atoms with Gasteiger partial charge in [0, 0.05) is 18.7 Å². The van der Waals surface area contributed by atoms with Crippen LogP contribution in [0.3, 0.4) is 0 Å². The molecule has 0 spiro atoms. The molecule has 1 heterocycles. The van der Waals surface area contributed by atoms with Gasteiger partial charge in [0.05, 0.1) is 9.95 Å². The van der Waals surface area contributed by atoms with Gasteiger partial charge < -0.3 is 5.32 Å². The highest BCUT2D eigenvalue weighted by atomic mass is 35.5. The van der Waals surface area contributed by atoms with Crippen LogP contribution in [0.25, 0.3) is 11.3 Å². The van der Waals surface area contributed by atoms with Gasteiger partial charge in [-0.05, 0) is 24.3 Å². The largest absolute Gasteiger partial charge is 0.373 e. The maximum atomic E-state index is 13.3. The summed E-state index contributed by atoms with van der Waals surface area (Å²) in [5.74, 6) is -0.105. The van der Waals surface area contributed by atoms with Crippen molar-refractivity contribution in [2.45, 2.75) is 0 Å². The Morgan fingerprint density at radius 3 is 2.74 bits per heavy atom. The van der Waals surface area contributed by atoms with Crippen LogP contribution in [0.2, 0.25) is 5.02 Å². The molecule has 7 heteroatoms. The van der Waals surface area contributed by atoms with Gasteiger partial charge in [-0.15, -0.1) is 0 Å². The zero-order valence-electron chi connectivity index (χ0n) is 9.85. The molecule has 0 atom stereocenters. The van der Waals surface area contributed by atoms with E-state index < -0.39 is 10.7 Å². The molecule has 98 valence electrons. The van der Waals surface area contributed by atoms with Crippen LogP contribution >= 0.6 is 11.6 Å². The Morgan fingerprint density at radius 1 is 1.37 bits per heavy atom. The van der Waals surface area contributed by atoms with E-state index in [0.717, 1.165) is 6.07 Å². The molecular formula is C12H9ClFN3O2. The average molecular weight is 282 g/mol. The van der Waals surface area contributed by atoms with Crippen LogP contribution < -0.4 is 5.32 Å². The Morgan fingerprint density at radius 2 is 2.11 bits per heavy atom. The van der Waals surface area contributed by atoms with Gasteiger partial charge in [-0.2, -0.15) is 0 Å². The highest BCUT2D eigenvalue weighted by Gasteiger charge is 2.20. The molecule has 1 aromatic heterocycles. The van der Waals surface area contributed by atoms with Crippen LogP contribution in [-0.4, -0.2) is 17.0 Å². The van der Waals surface area contributed by atoms with Crippen molar-refractivity contribution in [2.24, 2.45) is 0 Å². The molecule has 0 unspecified atom stereocenters. The second-order valence-corrected chi connectivity index (χ2v) is 4.10. The molecule has 1 aromatic carbocycles. The second-order valence-electron chi connectivity index (χ2n) is 3.70. The fourth-order valence-corrected chi connectivity index (χ4v) is 1.82. The van der Waals surface area contributed by atoms with Gasteiger partial charge in [-0.25, -0.2) is 9.37 Å². The number of nitrogens with zero attached hydrogens (tertiary/aromatic N) is 2. The van der Waals surface area contributed by atoms with E-state index in [1.54, 1.807) is 7.05 Å². The van der Waals surface area contributed by atoms with Crippen LogP contribution in [-0.2, 0) is 0 Å². The summed E-state index contributed by atoms with van der Waals surface area (Å²) >= 11 is 5.95. The minimum Gasteiger partial charge on any atom is -0.373 e. The molecule has 0 aliphatic carbocycles. The molecule has 0 saturated heterocycles. The molecule has 0 aliphatic rings. The molecule has 2 aromatic rings. The van der Waals surface area contributed by atoms with Crippen LogP contribution in [0.4, 0.5) is 15.9 Å². The zero-order chi connectivity index (χ0) is 14.0. The third-order valence-corrected chi connectivity index (χ3v) is 2.84. The fraction of sp³-hybridized carbons (Fsp3) is 0.0833. The SMILES string of the molecule is CNc1ccc([N+](=O)[O-])c(-c2cc(F)ccc2Cl)n1. The fourth-order valence-electron chi connectivity index (χ4n) is 1.62. The Labute approximate surface area is 113 Å². The number of benzene rings is 1. The number of rotatable bonds is 3. The summed E-state index contributed by atoms with van der Waals surface area (Å²) in [7, 11) is 1.63. The van der Waals surface area contributed by atoms with Crippen molar-refractivity contribution in [2.75, 3.05) is 12.4 Å². The van der Waals surface area contributed by atoms with Crippen molar-refractivity contribution < 1.29 is 9.31 Å². The molecule has 0 fully saturated rings. The Kier molecular flexibility index (Phi) is 3.62. The van der Waals surface area contributed by atoms with Crippen molar-refractivity contribution in [3.63, 3.8) is 0 Å². The molecule has 5 nitrogen and oxygen atoms in total. The third kappa shape index (κ3) is 2.63. The van der Waals surface area contributed by atoms with E-state index in [0.29, 0.717) is 5.82 Å². The smallest absolute Gasteiger partial charge is 0.295 e. The van der Waals surface area contributed by atoms with Gasteiger partial charge in [-0.1, -0.05) is 11.6 Å². The average Bonchev–Trinajstić information content (AvgIpc) is 2.40. The molecule has 0 saturated carbocycles. The quantitative estimate of drug-likeness (QED) is 0.691. The summed E-state index contributed by atoms with van der Waals surface area (Å²) in [6.07, 6.45) is 0. The second kappa shape index (κ2) is 5.19. The van der Waals surface area contributed by atoms with Crippen LogP contribution in [0.1, 0.15) is 0 Å². The first-order valence-corrected chi connectivity index (χ1v) is 5.69. The Balaban J connectivity index is 2.71. The van der Waals surface area contributed by atoms with Gasteiger partial charge in [0.2, 0.25) is 0 Å². The number of nitro groups is 1. The number of hydrogen-bond donors (Lipinski definition) is 1. The lowest BCUT2D eigenvalue weighted by molar-refractivity contribution is -0.384. The van der Waals surface area contributed by atoms with Gasteiger partial charge in [0.25, 0.3) is 5.69 Å². The first-order chi connectivity index (χ1) is 9.02.